The first-order valence-electron chi connectivity index (χ1n) is 8.63. The number of carbonyl (C=O) groups is 1. The molecule has 8 nitrogen and oxygen atoms in total. The predicted octanol–water partition coefficient (Wildman–Crippen LogP) is 3.13. The normalized spacial score (nSPS) is 10.7. The van der Waals surface area contributed by atoms with E-state index in [1.165, 1.54) is 31.4 Å². The number of methoxy groups -OCH3 is 1. The van der Waals surface area contributed by atoms with Gasteiger partial charge in [-0.25, -0.2) is 10.2 Å². The maximum absolute atomic E-state index is 13.2. The van der Waals surface area contributed by atoms with Crippen LogP contribution in [-0.4, -0.2) is 21.6 Å². The maximum Gasteiger partial charge on any atom is 0.353 e. The summed E-state index contributed by atoms with van der Waals surface area (Å²) >= 11 is 0. The van der Waals surface area contributed by atoms with Crippen molar-refractivity contribution < 1.29 is 17.9 Å². The highest BCUT2D eigenvalue weighted by Gasteiger charge is 2.27. The number of benzene rings is 3. The number of hydrogen-bond acceptors (Lipinski definition) is 5. The van der Waals surface area contributed by atoms with E-state index in [0.717, 1.165) is 4.41 Å². The van der Waals surface area contributed by atoms with Crippen LogP contribution in [0.15, 0.2) is 89.8 Å². The Kier molecular flexibility index (Phi) is 6.20. The van der Waals surface area contributed by atoms with Gasteiger partial charge in [0.2, 0.25) is 0 Å². The van der Waals surface area contributed by atoms with Crippen LogP contribution in [0.3, 0.4) is 0 Å². The number of amides is 2. The van der Waals surface area contributed by atoms with E-state index in [2.05, 4.69) is 16.3 Å². The Morgan fingerprint density at radius 2 is 1.45 bits per heavy atom. The summed E-state index contributed by atoms with van der Waals surface area (Å²) in [5.41, 5.74) is 8.42. The summed E-state index contributed by atoms with van der Waals surface area (Å²) in [5.74, 6) is 0.521. The second-order valence-corrected chi connectivity index (χ2v) is 7.62. The standard InChI is InChI=1S/C20H20N4O4S/c1-28-18-12-14-19(15-13-18)29(26,27)24(17-10-6-3-7-11-17)23-20(25)22-21-16-8-4-2-5-9-16/h2-15,21H,1H3,(H2,22,23,25). The second-order valence-electron chi connectivity index (χ2n) is 5.84. The molecule has 0 fully saturated rings. The average Bonchev–Trinajstić information content (AvgIpc) is 2.77. The lowest BCUT2D eigenvalue weighted by atomic mass is 10.3. The molecule has 0 aromatic heterocycles. The van der Waals surface area contributed by atoms with E-state index in [9.17, 15) is 13.2 Å². The molecule has 29 heavy (non-hydrogen) atoms. The number of ether oxygens (including phenoxy) is 1. The molecule has 3 aromatic carbocycles. The monoisotopic (exact) mass is 412 g/mol. The van der Waals surface area contributed by atoms with E-state index in [0.29, 0.717) is 11.4 Å². The van der Waals surface area contributed by atoms with Gasteiger partial charge in [0, 0.05) is 0 Å². The van der Waals surface area contributed by atoms with Crippen molar-refractivity contribution in [1.82, 2.24) is 10.9 Å². The van der Waals surface area contributed by atoms with Gasteiger partial charge in [0.1, 0.15) is 5.75 Å². The molecule has 3 N–H and O–H groups in total. The summed E-state index contributed by atoms with van der Waals surface area (Å²) in [6.45, 7) is 0. The fourth-order valence-corrected chi connectivity index (χ4v) is 3.74. The lowest BCUT2D eigenvalue weighted by Gasteiger charge is -2.25. The third-order valence-corrected chi connectivity index (χ3v) is 5.54. The Morgan fingerprint density at radius 3 is 2.03 bits per heavy atom. The largest absolute Gasteiger partial charge is 0.497 e. The molecule has 0 bridgehead atoms. The fourth-order valence-electron chi connectivity index (χ4n) is 2.45. The smallest absolute Gasteiger partial charge is 0.353 e. The van der Waals surface area contributed by atoms with Crippen LogP contribution in [0.25, 0.3) is 0 Å². The van der Waals surface area contributed by atoms with Crippen LogP contribution in [0.5, 0.6) is 5.75 Å². The molecule has 0 aliphatic rings. The van der Waals surface area contributed by atoms with Crippen molar-refractivity contribution in [3.63, 3.8) is 0 Å². The highest BCUT2D eigenvalue weighted by molar-refractivity contribution is 7.92. The fraction of sp³-hybridized carbons (Fsp3) is 0.0500. The molecule has 0 aliphatic carbocycles. The van der Waals surface area contributed by atoms with Gasteiger partial charge >= 0.3 is 6.03 Å². The first-order chi connectivity index (χ1) is 14.0. The molecule has 0 unspecified atom stereocenters. The molecule has 3 aromatic rings. The van der Waals surface area contributed by atoms with E-state index >= 15 is 0 Å². The number of urea groups is 1. The third-order valence-electron chi connectivity index (χ3n) is 3.89. The van der Waals surface area contributed by atoms with Gasteiger partial charge < -0.3 is 4.74 Å². The molecule has 0 spiro atoms. The van der Waals surface area contributed by atoms with Crippen LogP contribution in [-0.2, 0) is 10.0 Å². The van der Waals surface area contributed by atoms with Crippen LogP contribution in [0, 0.1) is 0 Å². The number of hydrazine groups is 2. The van der Waals surface area contributed by atoms with Gasteiger partial charge in [-0.2, -0.15) is 12.8 Å². The van der Waals surface area contributed by atoms with Crippen LogP contribution in [0.4, 0.5) is 16.2 Å². The Hall–Kier alpha value is -3.72. The number of hydrogen-bond donors (Lipinski definition) is 3. The first kappa shape index (κ1) is 20.0. The number of sulfonamides is 1. The van der Waals surface area contributed by atoms with Gasteiger partial charge in [-0.3, -0.25) is 10.9 Å². The molecule has 0 radical (unpaired) electrons. The zero-order valence-corrected chi connectivity index (χ0v) is 16.4. The van der Waals surface area contributed by atoms with E-state index in [1.807, 2.05) is 6.07 Å². The van der Waals surface area contributed by atoms with Crippen LogP contribution in [0.1, 0.15) is 0 Å². The zero-order chi connectivity index (χ0) is 20.7. The van der Waals surface area contributed by atoms with Crippen LogP contribution < -0.4 is 25.4 Å². The molecular formula is C20H20N4O4S. The summed E-state index contributed by atoms with van der Waals surface area (Å²) in [6.07, 6.45) is 0. The molecule has 0 atom stereocenters. The summed E-state index contributed by atoms with van der Waals surface area (Å²) in [7, 11) is -2.59. The lowest BCUT2D eigenvalue weighted by Crippen LogP contribution is -2.51. The minimum Gasteiger partial charge on any atom is -0.497 e. The minimum absolute atomic E-state index is 0.00142. The van der Waals surface area contributed by atoms with Gasteiger partial charge in [0.25, 0.3) is 10.0 Å². The van der Waals surface area contributed by atoms with Crippen molar-refractivity contribution in [2.75, 3.05) is 16.9 Å². The van der Waals surface area contributed by atoms with Gasteiger partial charge in [-0.05, 0) is 48.5 Å². The van der Waals surface area contributed by atoms with Crippen molar-refractivity contribution in [1.29, 1.82) is 0 Å². The summed E-state index contributed by atoms with van der Waals surface area (Å²) in [4.78, 5) is 12.4. The Labute approximate surface area is 169 Å². The Bertz CT molecular complexity index is 1040. The maximum atomic E-state index is 13.2. The molecular weight excluding hydrogens is 392 g/mol. The summed E-state index contributed by atoms with van der Waals surface area (Å²) < 4.78 is 32.2. The first-order valence-corrected chi connectivity index (χ1v) is 10.1. The average molecular weight is 412 g/mol. The van der Waals surface area contributed by atoms with Crippen molar-refractivity contribution in [2.45, 2.75) is 4.90 Å². The molecule has 0 saturated carbocycles. The quantitative estimate of drug-likeness (QED) is 0.518. The highest BCUT2D eigenvalue weighted by Crippen LogP contribution is 2.23. The third kappa shape index (κ3) is 4.96. The van der Waals surface area contributed by atoms with Crippen molar-refractivity contribution in [3.05, 3.63) is 84.9 Å². The Morgan fingerprint density at radius 1 is 0.862 bits per heavy atom. The molecule has 150 valence electrons. The van der Waals surface area contributed by atoms with E-state index in [1.54, 1.807) is 54.6 Å². The van der Waals surface area contributed by atoms with Gasteiger partial charge in [-0.15, -0.1) is 0 Å². The topological polar surface area (TPSA) is 99.8 Å². The minimum atomic E-state index is -4.08. The molecule has 9 heteroatoms. The van der Waals surface area contributed by atoms with E-state index in [-0.39, 0.29) is 10.6 Å². The van der Waals surface area contributed by atoms with E-state index < -0.39 is 16.1 Å². The Balaban J connectivity index is 1.83. The number of nitrogens with one attached hydrogen (secondary N) is 3. The predicted molar refractivity (Wildman–Crippen MR) is 111 cm³/mol. The lowest BCUT2D eigenvalue weighted by molar-refractivity contribution is 0.243. The molecule has 0 aliphatic heterocycles. The van der Waals surface area contributed by atoms with Gasteiger partial charge in [-0.1, -0.05) is 36.4 Å². The number of carbonyl (C=O) groups excluding carboxylic acids is 1. The molecule has 3 rings (SSSR count). The number of para-hydroxylation sites is 2. The summed E-state index contributed by atoms with van der Waals surface area (Å²) in [5, 5.41) is 0. The number of nitrogens with zero attached hydrogens (tertiary/aromatic N) is 1. The van der Waals surface area contributed by atoms with Crippen molar-refractivity contribution >= 4 is 27.4 Å². The molecule has 0 heterocycles. The van der Waals surface area contributed by atoms with Crippen LogP contribution in [0.2, 0.25) is 0 Å². The number of anilines is 2. The van der Waals surface area contributed by atoms with Crippen LogP contribution >= 0.6 is 0 Å². The zero-order valence-electron chi connectivity index (χ0n) is 15.6. The summed E-state index contributed by atoms with van der Waals surface area (Å²) in [6, 6.07) is 22.3. The highest BCUT2D eigenvalue weighted by atomic mass is 32.2. The molecule has 2 amide bonds. The number of rotatable bonds is 7. The van der Waals surface area contributed by atoms with Crippen molar-refractivity contribution in [3.8, 4) is 5.75 Å². The second kappa shape index (κ2) is 8.98. The van der Waals surface area contributed by atoms with E-state index in [4.69, 9.17) is 4.74 Å². The van der Waals surface area contributed by atoms with Crippen molar-refractivity contribution in [2.24, 2.45) is 0 Å². The molecule has 0 saturated heterocycles. The SMILES string of the molecule is COc1ccc(S(=O)(=O)N(NC(=O)NNc2ccccc2)c2ccccc2)cc1. The van der Waals surface area contributed by atoms with Gasteiger partial charge in [0.15, 0.2) is 0 Å². The van der Waals surface area contributed by atoms with Gasteiger partial charge in [0.05, 0.1) is 23.4 Å².